The number of unbranched alkanes of at least 4 members (excludes halogenated alkanes) is 1. The average Bonchev–Trinajstić information content (AvgIpc) is 2.93. The van der Waals surface area contributed by atoms with Crippen LogP contribution in [0, 0.1) is 0 Å². The van der Waals surface area contributed by atoms with Crippen LogP contribution in [0.5, 0.6) is 0 Å². The second kappa shape index (κ2) is 14.6. The topological polar surface area (TPSA) is 123 Å². The molecule has 2 rings (SSSR count). The van der Waals surface area contributed by atoms with E-state index in [9.17, 15) is 19.2 Å². The fraction of sp³-hybridized carbons (Fsp3) is 0.643. The molecule has 39 heavy (non-hydrogen) atoms. The first kappa shape index (κ1) is 32.4. The van der Waals surface area contributed by atoms with Gasteiger partial charge in [-0.15, -0.1) is 11.8 Å². The minimum atomic E-state index is -0.737. The van der Waals surface area contributed by atoms with E-state index in [0.29, 0.717) is 37.2 Å². The molecule has 0 saturated heterocycles. The first-order chi connectivity index (χ1) is 18.2. The maximum Gasteiger partial charge on any atom is 0.407 e. The number of hydrogen-bond acceptors (Lipinski definition) is 9. The van der Waals surface area contributed by atoms with Crippen LogP contribution in [-0.2, 0) is 28.6 Å². The average molecular weight is 566 g/mol. The highest BCUT2D eigenvalue weighted by molar-refractivity contribution is 7.99. The maximum absolute atomic E-state index is 13.7. The zero-order valence-corrected chi connectivity index (χ0v) is 24.9. The van der Waals surface area contributed by atoms with E-state index in [2.05, 4.69) is 10.6 Å². The zero-order chi connectivity index (χ0) is 29.2. The van der Waals surface area contributed by atoms with Crippen molar-refractivity contribution < 1.29 is 33.4 Å². The molecule has 0 fully saturated rings. The van der Waals surface area contributed by atoms with Crippen LogP contribution in [0.1, 0.15) is 67.7 Å². The van der Waals surface area contributed by atoms with Gasteiger partial charge in [-0.3, -0.25) is 24.6 Å². The summed E-state index contributed by atoms with van der Waals surface area (Å²) in [7, 11) is 0. The molecule has 0 unspecified atom stereocenters. The molecule has 1 heterocycles. The number of carbonyl (C=O) groups excluding carboxylic acids is 4. The van der Waals surface area contributed by atoms with Crippen molar-refractivity contribution in [1.82, 2.24) is 10.6 Å². The number of nitrogens with one attached hydrogen (secondary N) is 2. The molecule has 0 bridgehead atoms. The predicted octanol–water partition coefficient (Wildman–Crippen LogP) is 4.05. The number of thioether (sulfide) groups is 1. The van der Waals surface area contributed by atoms with Crippen molar-refractivity contribution in [3.63, 3.8) is 0 Å². The third-order valence-electron chi connectivity index (χ3n) is 5.39. The summed E-state index contributed by atoms with van der Waals surface area (Å²) in [5, 5.41) is 5.91. The maximum atomic E-state index is 13.7. The fourth-order valence-corrected chi connectivity index (χ4v) is 4.96. The van der Waals surface area contributed by atoms with Gasteiger partial charge in [-0.05, 0) is 79.9 Å². The van der Waals surface area contributed by atoms with E-state index < -0.39 is 41.3 Å². The van der Waals surface area contributed by atoms with E-state index in [0.717, 1.165) is 4.90 Å². The number of para-hydroxylation sites is 1. The summed E-state index contributed by atoms with van der Waals surface area (Å²) in [4.78, 5) is 53.3. The molecule has 11 heteroatoms. The van der Waals surface area contributed by atoms with Crippen molar-refractivity contribution in [2.24, 2.45) is 0 Å². The van der Waals surface area contributed by atoms with Crippen LogP contribution in [-0.4, -0.2) is 72.7 Å². The van der Waals surface area contributed by atoms with Crippen molar-refractivity contribution in [2.75, 3.05) is 30.3 Å². The summed E-state index contributed by atoms with van der Waals surface area (Å²) in [5.41, 5.74) is -0.641. The van der Waals surface area contributed by atoms with Crippen molar-refractivity contribution >= 4 is 41.4 Å². The number of alkyl carbamates (subject to hydrolysis) is 1. The number of amides is 2. The molecule has 0 saturated carbocycles. The summed E-state index contributed by atoms with van der Waals surface area (Å²) in [6.45, 7) is 12.8. The van der Waals surface area contributed by atoms with Crippen molar-refractivity contribution in [2.45, 2.75) is 95.9 Å². The van der Waals surface area contributed by atoms with Gasteiger partial charge in [0.25, 0.3) is 0 Å². The Morgan fingerprint density at radius 3 is 2.36 bits per heavy atom. The highest BCUT2D eigenvalue weighted by Crippen LogP contribution is 2.34. The van der Waals surface area contributed by atoms with Gasteiger partial charge in [-0.25, -0.2) is 4.79 Å². The van der Waals surface area contributed by atoms with E-state index in [1.165, 1.54) is 16.7 Å². The van der Waals surface area contributed by atoms with Crippen LogP contribution in [0.25, 0.3) is 0 Å². The Balaban J connectivity index is 2.10. The largest absolute Gasteiger partial charge is 0.465 e. The summed E-state index contributed by atoms with van der Waals surface area (Å²) < 4.78 is 16.0. The Labute approximate surface area is 235 Å². The fourth-order valence-electron chi connectivity index (χ4n) is 3.87. The molecule has 1 aliphatic rings. The summed E-state index contributed by atoms with van der Waals surface area (Å²) >= 11 is 1.48. The molecule has 0 spiro atoms. The molecular formula is C28H43N3O7S. The first-order valence-corrected chi connectivity index (χ1v) is 14.3. The van der Waals surface area contributed by atoms with Gasteiger partial charge in [0.15, 0.2) is 0 Å². The number of anilines is 1. The first-order valence-electron chi connectivity index (χ1n) is 13.3. The van der Waals surface area contributed by atoms with Crippen LogP contribution in [0.3, 0.4) is 0 Å². The molecule has 2 N–H and O–H groups in total. The van der Waals surface area contributed by atoms with Gasteiger partial charge in [0.1, 0.15) is 23.8 Å². The number of hydrogen-bond donors (Lipinski definition) is 2. The van der Waals surface area contributed by atoms with Crippen LogP contribution in [0.2, 0.25) is 0 Å². The molecule has 1 aromatic carbocycles. The highest BCUT2D eigenvalue weighted by Gasteiger charge is 2.35. The Morgan fingerprint density at radius 2 is 1.72 bits per heavy atom. The van der Waals surface area contributed by atoms with Gasteiger partial charge in [0, 0.05) is 17.2 Å². The third-order valence-corrected chi connectivity index (χ3v) is 6.55. The molecule has 10 nitrogen and oxygen atoms in total. The second-order valence-electron chi connectivity index (χ2n) is 11.2. The number of rotatable bonds is 11. The van der Waals surface area contributed by atoms with Gasteiger partial charge < -0.3 is 19.5 Å². The molecule has 0 radical (unpaired) electrons. The van der Waals surface area contributed by atoms with Crippen molar-refractivity contribution in [3.8, 4) is 0 Å². The number of ether oxygens (including phenoxy) is 3. The Morgan fingerprint density at radius 1 is 1.05 bits per heavy atom. The number of fused-ring (bicyclic) bond motifs is 1. The number of nitrogens with zero attached hydrogens (tertiary/aromatic N) is 1. The van der Waals surface area contributed by atoms with Crippen LogP contribution in [0.15, 0.2) is 29.2 Å². The van der Waals surface area contributed by atoms with Gasteiger partial charge in [-0.2, -0.15) is 0 Å². The Kier molecular flexibility index (Phi) is 12.1. The molecule has 1 aliphatic heterocycles. The smallest absolute Gasteiger partial charge is 0.407 e. The lowest BCUT2D eigenvalue weighted by Crippen LogP contribution is -2.54. The third kappa shape index (κ3) is 11.5. The molecule has 0 aliphatic carbocycles. The van der Waals surface area contributed by atoms with Gasteiger partial charge in [-0.1, -0.05) is 12.1 Å². The van der Waals surface area contributed by atoms with Crippen LogP contribution < -0.4 is 15.5 Å². The Hall–Kier alpha value is -2.79. The molecular weight excluding hydrogens is 522 g/mol. The highest BCUT2D eigenvalue weighted by atomic mass is 32.2. The number of benzene rings is 1. The summed E-state index contributed by atoms with van der Waals surface area (Å²) in [6, 6.07) is 5.92. The van der Waals surface area contributed by atoms with E-state index in [4.69, 9.17) is 14.2 Å². The van der Waals surface area contributed by atoms with E-state index >= 15 is 0 Å². The molecule has 0 aromatic heterocycles. The zero-order valence-electron chi connectivity index (χ0n) is 24.1. The lowest BCUT2D eigenvalue weighted by molar-refractivity contribution is -0.154. The van der Waals surface area contributed by atoms with Crippen LogP contribution in [0.4, 0.5) is 10.5 Å². The number of esters is 2. The standard InChI is InChI=1S/C28H43N3O7S/c1-8-36-25(34)19(13-11-12-16-29-26(35)38-28(5,6)7)30-20-18-39-22-15-10-9-14-21(22)31(24(20)33)17-23(32)37-27(2,3)4/h9-10,14-15,19-20,30H,8,11-13,16-18H2,1-7H3,(H,29,35)/t19-,20+/m1/s1. The van der Waals surface area contributed by atoms with Gasteiger partial charge in [0.2, 0.25) is 5.91 Å². The summed E-state index contributed by atoms with van der Waals surface area (Å²) in [6.07, 6.45) is 1.12. The van der Waals surface area contributed by atoms with Crippen molar-refractivity contribution in [3.05, 3.63) is 24.3 Å². The van der Waals surface area contributed by atoms with E-state index in [-0.39, 0.29) is 19.1 Å². The monoisotopic (exact) mass is 565 g/mol. The minimum absolute atomic E-state index is 0.209. The van der Waals surface area contributed by atoms with Gasteiger partial charge in [0.05, 0.1) is 18.3 Å². The lowest BCUT2D eigenvalue weighted by atomic mass is 10.1. The van der Waals surface area contributed by atoms with E-state index in [1.54, 1.807) is 54.5 Å². The van der Waals surface area contributed by atoms with Crippen LogP contribution >= 0.6 is 11.8 Å². The summed E-state index contributed by atoms with van der Waals surface area (Å²) in [5.74, 6) is -0.915. The van der Waals surface area contributed by atoms with E-state index in [1.807, 2.05) is 18.2 Å². The quantitative estimate of drug-likeness (QED) is 0.232. The lowest BCUT2D eigenvalue weighted by Gasteiger charge is -2.28. The normalized spacial score (nSPS) is 16.5. The molecule has 2 atom stereocenters. The van der Waals surface area contributed by atoms with Crippen molar-refractivity contribution in [1.29, 1.82) is 0 Å². The predicted molar refractivity (Wildman–Crippen MR) is 151 cm³/mol. The molecule has 218 valence electrons. The van der Waals surface area contributed by atoms with Gasteiger partial charge >= 0.3 is 18.0 Å². The molecule has 2 amide bonds. The second-order valence-corrected chi connectivity index (χ2v) is 12.3. The SMILES string of the molecule is CCOC(=O)[C@@H](CCCCNC(=O)OC(C)(C)C)N[C@H]1CSc2ccccc2N(CC(=O)OC(C)(C)C)C1=O. The number of carbonyl (C=O) groups is 4. The Bertz CT molecular complexity index is 1000. The molecule has 1 aromatic rings. The minimum Gasteiger partial charge on any atom is -0.465 e.